The standard InChI is InChI=1S/C17H21N3O/c1-4-20(5-2)12-6-7-14-16(9-12)21-17-10-13(18)11(3)8-15(17)19-14/h6-10,19H,4-5,18H2,1-3H3. The first kappa shape index (κ1) is 13.6. The molecule has 2 aromatic rings. The molecule has 0 aliphatic carbocycles. The fraction of sp³-hybridized carbons (Fsp3) is 0.294. The Hall–Kier alpha value is -2.36. The molecule has 0 amide bonds. The third-order valence-electron chi connectivity index (χ3n) is 3.95. The summed E-state index contributed by atoms with van der Waals surface area (Å²) >= 11 is 0. The molecule has 0 radical (unpaired) electrons. The van der Waals surface area contributed by atoms with Gasteiger partial charge in [-0.2, -0.15) is 0 Å². The summed E-state index contributed by atoms with van der Waals surface area (Å²) in [5.41, 5.74) is 10.9. The molecule has 3 rings (SSSR count). The van der Waals surface area contributed by atoms with Crippen molar-refractivity contribution in [3.63, 3.8) is 0 Å². The van der Waals surface area contributed by atoms with E-state index < -0.39 is 0 Å². The van der Waals surface area contributed by atoms with Crippen molar-refractivity contribution in [2.45, 2.75) is 20.8 Å². The molecule has 0 unspecified atom stereocenters. The lowest BCUT2D eigenvalue weighted by Gasteiger charge is -2.26. The van der Waals surface area contributed by atoms with E-state index in [-0.39, 0.29) is 0 Å². The molecule has 4 nitrogen and oxygen atoms in total. The maximum Gasteiger partial charge on any atom is 0.153 e. The van der Waals surface area contributed by atoms with Gasteiger partial charge in [-0.25, -0.2) is 0 Å². The largest absolute Gasteiger partial charge is 0.453 e. The van der Waals surface area contributed by atoms with E-state index in [1.807, 2.05) is 19.1 Å². The molecule has 0 fully saturated rings. The molecule has 21 heavy (non-hydrogen) atoms. The van der Waals surface area contributed by atoms with E-state index in [0.717, 1.165) is 47.2 Å². The maximum atomic E-state index is 6.02. The van der Waals surface area contributed by atoms with Crippen LogP contribution < -0.4 is 20.7 Å². The highest BCUT2D eigenvalue weighted by atomic mass is 16.5. The summed E-state index contributed by atoms with van der Waals surface area (Å²) in [6.45, 7) is 8.26. The minimum absolute atomic E-state index is 0.749. The van der Waals surface area contributed by atoms with Gasteiger partial charge in [-0.3, -0.25) is 0 Å². The Morgan fingerprint density at radius 1 is 1.05 bits per heavy atom. The summed E-state index contributed by atoms with van der Waals surface area (Å²) in [6, 6.07) is 10.2. The first-order valence-electron chi connectivity index (χ1n) is 7.36. The van der Waals surface area contributed by atoms with Gasteiger partial charge in [-0.1, -0.05) is 0 Å². The lowest BCUT2D eigenvalue weighted by atomic mass is 10.1. The monoisotopic (exact) mass is 283 g/mol. The second-order valence-electron chi connectivity index (χ2n) is 5.28. The van der Waals surface area contributed by atoms with E-state index in [1.165, 1.54) is 5.69 Å². The number of benzene rings is 2. The van der Waals surface area contributed by atoms with E-state index in [4.69, 9.17) is 10.5 Å². The summed E-state index contributed by atoms with van der Waals surface area (Å²) in [5, 5.41) is 3.41. The zero-order chi connectivity index (χ0) is 15.0. The highest BCUT2D eigenvalue weighted by molar-refractivity contribution is 5.80. The van der Waals surface area contributed by atoms with Crippen molar-refractivity contribution in [1.29, 1.82) is 0 Å². The molecule has 0 aromatic heterocycles. The summed E-state index contributed by atoms with van der Waals surface area (Å²) < 4.78 is 6.02. The van der Waals surface area contributed by atoms with Gasteiger partial charge in [0.05, 0.1) is 11.4 Å². The predicted molar refractivity (Wildman–Crippen MR) is 89.0 cm³/mol. The average Bonchev–Trinajstić information content (AvgIpc) is 2.48. The molecule has 0 atom stereocenters. The van der Waals surface area contributed by atoms with Crippen LogP contribution in [-0.4, -0.2) is 13.1 Å². The molecular formula is C17H21N3O. The Kier molecular flexibility index (Phi) is 3.37. The topological polar surface area (TPSA) is 50.5 Å². The van der Waals surface area contributed by atoms with Crippen LogP contribution >= 0.6 is 0 Å². The first-order chi connectivity index (χ1) is 10.1. The number of nitrogens with one attached hydrogen (secondary N) is 1. The quantitative estimate of drug-likeness (QED) is 0.705. The van der Waals surface area contributed by atoms with Crippen molar-refractivity contribution < 1.29 is 4.74 Å². The Bertz CT molecular complexity index is 678. The van der Waals surface area contributed by atoms with Crippen molar-refractivity contribution in [3.05, 3.63) is 35.9 Å². The molecule has 2 aromatic carbocycles. The number of hydrogen-bond acceptors (Lipinski definition) is 4. The van der Waals surface area contributed by atoms with Crippen LogP contribution in [0.25, 0.3) is 0 Å². The van der Waals surface area contributed by atoms with Gasteiger partial charge < -0.3 is 20.7 Å². The molecule has 0 saturated heterocycles. The lowest BCUT2D eigenvalue weighted by Crippen LogP contribution is -2.21. The molecule has 0 saturated carbocycles. The van der Waals surface area contributed by atoms with Crippen molar-refractivity contribution in [1.82, 2.24) is 0 Å². The molecule has 1 heterocycles. The first-order valence-corrected chi connectivity index (χ1v) is 7.36. The third-order valence-corrected chi connectivity index (χ3v) is 3.95. The van der Waals surface area contributed by atoms with Gasteiger partial charge in [0, 0.05) is 36.6 Å². The van der Waals surface area contributed by atoms with E-state index in [9.17, 15) is 0 Å². The van der Waals surface area contributed by atoms with Crippen LogP contribution in [0, 0.1) is 6.92 Å². The minimum Gasteiger partial charge on any atom is -0.453 e. The molecule has 0 spiro atoms. The minimum atomic E-state index is 0.749. The maximum absolute atomic E-state index is 6.02. The normalized spacial score (nSPS) is 12.0. The van der Waals surface area contributed by atoms with Gasteiger partial charge in [0.15, 0.2) is 11.5 Å². The second-order valence-corrected chi connectivity index (χ2v) is 5.28. The smallest absolute Gasteiger partial charge is 0.153 e. The number of nitrogen functional groups attached to an aromatic ring is 1. The third kappa shape index (κ3) is 2.37. The zero-order valence-corrected chi connectivity index (χ0v) is 12.7. The van der Waals surface area contributed by atoms with Crippen molar-refractivity contribution >= 4 is 22.7 Å². The molecule has 1 aliphatic rings. The van der Waals surface area contributed by atoms with E-state index >= 15 is 0 Å². The number of hydrogen-bond donors (Lipinski definition) is 2. The molecule has 3 N–H and O–H groups in total. The van der Waals surface area contributed by atoms with Crippen LogP contribution in [-0.2, 0) is 0 Å². The summed E-state index contributed by atoms with van der Waals surface area (Å²) in [4.78, 5) is 2.29. The van der Waals surface area contributed by atoms with Gasteiger partial charge in [-0.15, -0.1) is 0 Å². The zero-order valence-electron chi connectivity index (χ0n) is 12.7. The number of fused-ring (bicyclic) bond motifs is 2. The number of aryl methyl sites for hydroxylation is 1. The Morgan fingerprint density at radius 3 is 2.48 bits per heavy atom. The van der Waals surface area contributed by atoms with Gasteiger partial charge >= 0.3 is 0 Å². The molecular weight excluding hydrogens is 262 g/mol. The highest BCUT2D eigenvalue weighted by Gasteiger charge is 2.18. The molecule has 110 valence electrons. The van der Waals surface area contributed by atoms with Crippen molar-refractivity contribution in [2.75, 3.05) is 29.0 Å². The van der Waals surface area contributed by atoms with Gasteiger partial charge in [0.2, 0.25) is 0 Å². The lowest BCUT2D eigenvalue weighted by molar-refractivity contribution is 0.481. The van der Waals surface area contributed by atoms with Crippen LogP contribution in [0.1, 0.15) is 19.4 Å². The molecule has 1 aliphatic heterocycles. The fourth-order valence-electron chi connectivity index (χ4n) is 2.63. The number of ether oxygens (including phenoxy) is 1. The summed E-state index contributed by atoms with van der Waals surface area (Å²) in [5.74, 6) is 1.62. The van der Waals surface area contributed by atoms with Crippen molar-refractivity contribution in [2.24, 2.45) is 0 Å². The SMILES string of the molecule is CCN(CC)c1ccc2c(c1)Oc1cc(N)c(C)cc1N2. The van der Waals surface area contributed by atoms with Crippen LogP contribution in [0.2, 0.25) is 0 Å². The number of nitrogens with zero attached hydrogens (tertiary/aromatic N) is 1. The van der Waals surface area contributed by atoms with E-state index in [0.29, 0.717) is 0 Å². The van der Waals surface area contributed by atoms with Gasteiger partial charge in [0.1, 0.15) is 0 Å². The van der Waals surface area contributed by atoms with Crippen LogP contribution in [0.3, 0.4) is 0 Å². The summed E-state index contributed by atoms with van der Waals surface area (Å²) in [6.07, 6.45) is 0. The molecule has 4 heteroatoms. The van der Waals surface area contributed by atoms with Crippen LogP contribution in [0.4, 0.5) is 22.7 Å². The number of anilines is 4. The predicted octanol–water partition coefficient (Wildman–Crippen LogP) is 4.27. The van der Waals surface area contributed by atoms with Crippen molar-refractivity contribution in [3.8, 4) is 11.5 Å². The Balaban J connectivity index is 1.98. The van der Waals surface area contributed by atoms with E-state index in [1.54, 1.807) is 0 Å². The average molecular weight is 283 g/mol. The number of nitrogens with two attached hydrogens (primary N) is 1. The van der Waals surface area contributed by atoms with Crippen LogP contribution in [0.15, 0.2) is 30.3 Å². The fourth-order valence-corrected chi connectivity index (χ4v) is 2.63. The Morgan fingerprint density at radius 2 is 1.76 bits per heavy atom. The number of rotatable bonds is 3. The van der Waals surface area contributed by atoms with E-state index in [2.05, 4.69) is 42.3 Å². The highest BCUT2D eigenvalue weighted by Crippen LogP contribution is 2.44. The van der Waals surface area contributed by atoms with Gasteiger partial charge in [-0.05, 0) is 44.5 Å². The van der Waals surface area contributed by atoms with Crippen LogP contribution in [0.5, 0.6) is 11.5 Å². The summed E-state index contributed by atoms with van der Waals surface area (Å²) in [7, 11) is 0. The van der Waals surface area contributed by atoms with Gasteiger partial charge in [0.25, 0.3) is 0 Å². The second kappa shape index (κ2) is 5.20. The Labute approximate surface area is 125 Å². The molecule has 0 bridgehead atoms.